The molecule has 1 aromatic rings. The van der Waals surface area contributed by atoms with Crippen molar-refractivity contribution in [2.24, 2.45) is 0 Å². The predicted octanol–water partition coefficient (Wildman–Crippen LogP) is 3.21. The standard InChI is InChI=1S/C11H10BrNO4/c1-2-8(13(14)15)3-7-4-9(12)11-10(5-7)16-6-17-11/h3-5H,2,6H2,1H3. The molecule has 0 bridgehead atoms. The Labute approximate surface area is 106 Å². The van der Waals surface area contributed by atoms with Crippen LogP contribution in [0.2, 0.25) is 0 Å². The van der Waals surface area contributed by atoms with Gasteiger partial charge in [0.1, 0.15) is 0 Å². The molecule has 17 heavy (non-hydrogen) atoms. The van der Waals surface area contributed by atoms with Gasteiger partial charge >= 0.3 is 0 Å². The molecule has 1 heterocycles. The first-order valence-electron chi connectivity index (χ1n) is 5.06. The minimum atomic E-state index is -0.376. The zero-order valence-electron chi connectivity index (χ0n) is 9.10. The quantitative estimate of drug-likeness (QED) is 0.635. The first-order chi connectivity index (χ1) is 8.11. The van der Waals surface area contributed by atoms with Gasteiger partial charge in [0.15, 0.2) is 11.5 Å². The summed E-state index contributed by atoms with van der Waals surface area (Å²) in [5, 5.41) is 10.7. The van der Waals surface area contributed by atoms with Crippen molar-refractivity contribution in [1.82, 2.24) is 0 Å². The van der Waals surface area contributed by atoms with E-state index in [2.05, 4.69) is 15.9 Å². The van der Waals surface area contributed by atoms with Crippen LogP contribution < -0.4 is 9.47 Å². The lowest BCUT2D eigenvalue weighted by molar-refractivity contribution is -0.425. The minimum Gasteiger partial charge on any atom is -0.454 e. The Morgan fingerprint density at radius 2 is 2.35 bits per heavy atom. The lowest BCUT2D eigenvalue weighted by Gasteiger charge is -2.01. The zero-order valence-corrected chi connectivity index (χ0v) is 10.7. The van der Waals surface area contributed by atoms with Gasteiger partial charge in [0.05, 0.1) is 9.40 Å². The van der Waals surface area contributed by atoms with Crippen LogP contribution in [0.1, 0.15) is 18.9 Å². The highest BCUT2D eigenvalue weighted by atomic mass is 79.9. The topological polar surface area (TPSA) is 61.6 Å². The van der Waals surface area contributed by atoms with Crippen molar-refractivity contribution < 1.29 is 14.4 Å². The summed E-state index contributed by atoms with van der Waals surface area (Å²) in [4.78, 5) is 10.3. The van der Waals surface area contributed by atoms with E-state index in [9.17, 15) is 10.1 Å². The fraction of sp³-hybridized carbons (Fsp3) is 0.273. The summed E-state index contributed by atoms with van der Waals surface area (Å²) in [6.45, 7) is 1.92. The number of hydrogen-bond acceptors (Lipinski definition) is 4. The SMILES string of the molecule is CCC(=Cc1cc(Br)c2c(c1)OCO2)[N+](=O)[O-]. The Hall–Kier alpha value is -1.56. The van der Waals surface area contributed by atoms with Crippen LogP contribution in [0, 0.1) is 10.1 Å². The van der Waals surface area contributed by atoms with Crippen molar-refractivity contribution in [1.29, 1.82) is 0 Å². The van der Waals surface area contributed by atoms with Crippen LogP contribution in [0.5, 0.6) is 11.5 Å². The van der Waals surface area contributed by atoms with E-state index in [0.717, 1.165) is 10.0 Å². The molecule has 1 aliphatic rings. The molecular formula is C11H10BrNO4. The molecule has 0 atom stereocenters. The zero-order chi connectivity index (χ0) is 12.4. The third-order valence-corrected chi connectivity index (χ3v) is 2.97. The summed E-state index contributed by atoms with van der Waals surface area (Å²) in [6.07, 6.45) is 1.91. The van der Waals surface area contributed by atoms with Gasteiger partial charge in [-0.2, -0.15) is 0 Å². The van der Waals surface area contributed by atoms with Gasteiger partial charge in [-0.05, 0) is 33.6 Å². The second-order valence-corrected chi connectivity index (χ2v) is 4.34. The van der Waals surface area contributed by atoms with Gasteiger partial charge in [0.2, 0.25) is 12.5 Å². The maximum Gasteiger partial charge on any atom is 0.246 e. The van der Waals surface area contributed by atoms with E-state index in [1.54, 1.807) is 19.1 Å². The second-order valence-electron chi connectivity index (χ2n) is 3.48. The lowest BCUT2D eigenvalue weighted by atomic mass is 10.1. The van der Waals surface area contributed by atoms with Gasteiger partial charge in [-0.1, -0.05) is 6.92 Å². The molecule has 0 spiro atoms. The van der Waals surface area contributed by atoms with E-state index < -0.39 is 0 Å². The number of benzene rings is 1. The molecule has 0 amide bonds. The van der Waals surface area contributed by atoms with Crippen molar-refractivity contribution in [3.05, 3.63) is 38.0 Å². The van der Waals surface area contributed by atoms with Gasteiger partial charge in [-0.3, -0.25) is 10.1 Å². The van der Waals surface area contributed by atoms with Crippen LogP contribution >= 0.6 is 15.9 Å². The van der Waals surface area contributed by atoms with E-state index in [1.807, 2.05) is 0 Å². The average molecular weight is 300 g/mol. The molecular weight excluding hydrogens is 290 g/mol. The number of nitro groups is 1. The van der Waals surface area contributed by atoms with Gasteiger partial charge < -0.3 is 9.47 Å². The molecule has 0 saturated heterocycles. The van der Waals surface area contributed by atoms with E-state index in [4.69, 9.17) is 9.47 Å². The summed E-state index contributed by atoms with van der Waals surface area (Å²) in [5.74, 6) is 1.24. The Balaban J connectivity index is 2.41. The van der Waals surface area contributed by atoms with Gasteiger partial charge in [0, 0.05) is 12.5 Å². The number of rotatable bonds is 3. The van der Waals surface area contributed by atoms with E-state index in [0.29, 0.717) is 17.9 Å². The average Bonchev–Trinajstić information content (AvgIpc) is 2.74. The summed E-state index contributed by atoms with van der Waals surface area (Å²) >= 11 is 3.34. The summed E-state index contributed by atoms with van der Waals surface area (Å²) in [6, 6.07) is 3.50. The normalized spacial score (nSPS) is 13.9. The van der Waals surface area contributed by atoms with Crippen LogP contribution in [-0.4, -0.2) is 11.7 Å². The maximum absolute atomic E-state index is 10.7. The molecule has 0 saturated carbocycles. The highest BCUT2D eigenvalue weighted by Gasteiger charge is 2.18. The Morgan fingerprint density at radius 3 is 3.00 bits per heavy atom. The number of ether oxygens (including phenoxy) is 2. The summed E-state index contributed by atoms with van der Waals surface area (Å²) in [5.41, 5.74) is 0.880. The molecule has 0 aliphatic carbocycles. The Bertz CT molecular complexity index is 498. The maximum atomic E-state index is 10.7. The van der Waals surface area contributed by atoms with Crippen molar-refractivity contribution in [3.8, 4) is 11.5 Å². The molecule has 0 aromatic heterocycles. The van der Waals surface area contributed by atoms with E-state index >= 15 is 0 Å². The molecule has 1 aromatic carbocycles. The minimum absolute atomic E-state index is 0.163. The van der Waals surface area contributed by atoms with Crippen LogP contribution in [0.25, 0.3) is 6.08 Å². The van der Waals surface area contributed by atoms with Crippen molar-refractivity contribution in [2.45, 2.75) is 13.3 Å². The fourth-order valence-electron chi connectivity index (χ4n) is 1.55. The fourth-order valence-corrected chi connectivity index (χ4v) is 2.12. The molecule has 0 radical (unpaired) electrons. The third kappa shape index (κ3) is 2.41. The first kappa shape index (κ1) is 11.9. The summed E-state index contributed by atoms with van der Waals surface area (Å²) in [7, 11) is 0. The molecule has 0 unspecified atom stereocenters. The monoisotopic (exact) mass is 299 g/mol. The van der Waals surface area contributed by atoms with Crippen molar-refractivity contribution >= 4 is 22.0 Å². The molecule has 90 valence electrons. The van der Waals surface area contributed by atoms with Crippen molar-refractivity contribution in [3.63, 3.8) is 0 Å². The van der Waals surface area contributed by atoms with Gasteiger partial charge in [-0.25, -0.2) is 0 Å². The van der Waals surface area contributed by atoms with Gasteiger partial charge in [-0.15, -0.1) is 0 Å². The largest absolute Gasteiger partial charge is 0.454 e. The molecule has 2 rings (SSSR count). The Kier molecular flexibility index (Phi) is 3.33. The number of hydrogen-bond donors (Lipinski definition) is 0. The van der Waals surface area contributed by atoms with Crippen LogP contribution in [0.3, 0.4) is 0 Å². The van der Waals surface area contributed by atoms with Crippen LogP contribution in [-0.2, 0) is 0 Å². The lowest BCUT2D eigenvalue weighted by Crippen LogP contribution is -1.96. The molecule has 6 heteroatoms. The molecule has 5 nitrogen and oxygen atoms in total. The van der Waals surface area contributed by atoms with E-state index in [1.165, 1.54) is 6.08 Å². The smallest absolute Gasteiger partial charge is 0.246 e. The number of allylic oxidation sites excluding steroid dienone is 1. The van der Waals surface area contributed by atoms with E-state index in [-0.39, 0.29) is 17.4 Å². The van der Waals surface area contributed by atoms with Crippen LogP contribution in [0.15, 0.2) is 22.3 Å². The highest BCUT2D eigenvalue weighted by molar-refractivity contribution is 9.10. The molecule has 1 aliphatic heterocycles. The predicted molar refractivity (Wildman–Crippen MR) is 65.5 cm³/mol. The Morgan fingerprint density at radius 1 is 1.59 bits per heavy atom. The van der Waals surface area contributed by atoms with Crippen molar-refractivity contribution in [2.75, 3.05) is 6.79 Å². The second kappa shape index (κ2) is 4.75. The number of nitrogens with zero attached hydrogens (tertiary/aromatic N) is 1. The summed E-state index contributed by atoms with van der Waals surface area (Å²) < 4.78 is 11.2. The highest BCUT2D eigenvalue weighted by Crippen LogP contribution is 2.40. The molecule has 0 fully saturated rings. The number of fused-ring (bicyclic) bond motifs is 1. The third-order valence-electron chi connectivity index (χ3n) is 2.38. The number of halogens is 1. The first-order valence-corrected chi connectivity index (χ1v) is 5.85. The van der Waals surface area contributed by atoms with Gasteiger partial charge in [0.25, 0.3) is 0 Å². The molecule has 0 N–H and O–H groups in total. The van der Waals surface area contributed by atoms with Crippen LogP contribution in [0.4, 0.5) is 0 Å².